The van der Waals surface area contributed by atoms with Crippen molar-refractivity contribution in [3.63, 3.8) is 0 Å². The summed E-state index contributed by atoms with van der Waals surface area (Å²) in [5.41, 5.74) is 10.0. The molecule has 0 saturated heterocycles. The number of ether oxygens (including phenoxy) is 1. The van der Waals surface area contributed by atoms with E-state index in [-0.39, 0.29) is 38.4 Å². The molecule has 0 N–H and O–H groups in total. The Balaban J connectivity index is 0.00000435. The Kier molecular flexibility index (Phi) is 10.5. The molecule has 0 fully saturated rings. The minimum absolute atomic E-state index is 0. The Bertz CT molecular complexity index is 2390. The van der Waals surface area contributed by atoms with Crippen molar-refractivity contribution in [2.45, 2.75) is 64.8 Å². The van der Waals surface area contributed by atoms with Crippen molar-refractivity contribution in [1.29, 1.82) is 0 Å². The maximum absolute atomic E-state index is 6.68. The van der Waals surface area contributed by atoms with Crippen LogP contribution in [0.1, 0.15) is 79.8 Å². The first kappa shape index (κ1) is 36.9. The molecule has 5 aromatic carbocycles. The maximum Gasteiger partial charge on any atom is 2.00 e. The van der Waals surface area contributed by atoms with Crippen molar-refractivity contribution in [3.8, 4) is 17.2 Å². The minimum atomic E-state index is 0. The molecule has 0 aliphatic carbocycles. The van der Waals surface area contributed by atoms with Crippen LogP contribution in [0.2, 0.25) is 0 Å². The Morgan fingerprint density at radius 3 is 2.15 bits per heavy atom. The summed E-state index contributed by atoms with van der Waals surface area (Å²) >= 11 is 1.81. The summed E-state index contributed by atoms with van der Waals surface area (Å²) in [5, 5.41) is 3.32. The molecule has 7 aromatic rings. The summed E-state index contributed by atoms with van der Waals surface area (Å²) in [6.07, 6.45) is 1.86. The molecular formula is C47H43N3OPtS. The molecule has 0 radical (unpaired) electrons. The number of hydrogen-bond donors (Lipinski definition) is 0. The molecule has 3 heterocycles. The van der Waals surface area contributed by atoms with E-state index in [4.69, 9.17) is 14.7 Å². The Morgan fingerprint density at radius 1 is 0.774 bits per heavy atom. The second-order valence-corrected chi connectivity index (χ2v) is 16.2. The molecule has 6 heteroatoms. The molecule has 1 atom stereocenters. The van der Waals surface area contributed by atoms with Crippen molar-refractivity contribution in [2.75, 3.05) is 5.75 Å². The van der Waals surface area contributed by atoms with Gasteiger partial charge in [0, 0.05) is 45.2 Å². The smallest absolute Gasteiger partial charge is 0.503 e. The van der Waals surface area contributed by atoms with Gasteiger partial charge in [-0.25, -0.2) is 4.98 Å². The van der Waals surface area contributed by atoms with Gasteiger partial charge >= 0.3 is 21.1 Å². The van der Waals surface area contributed by atoms with Crippen molar-refractivity contribution >= 4 is 38.7 Å². The van der Waals surface area contributed by atoms with Crippen LogP contribution in [-0.4, -0.2) is 26.4 Å². The van der Waals surface area contributed by atoms with Gasteiger partial charge in [-0.2, -0.15) is 17.3 Å². The summed E-state index contributed by atoms with van der Waals surface area (Å²) in [6.45, 7) is 13.3. The van der Waals surface area contributed by atoms with Gasteiger partial charge in [0.25, 0.3) is 0 Å². The van der Waals surface area contributed by atoms with Crippen LogP contribution >= 0.6 is 11.8 Å². The number of nitrogens with zero attached hydrogens (tertiary/aromatic N) is 3. The van der Waals surface area contributed by atoms with Gasteiger partial charge < -0.3 is 14.3 Å². The maximum atomic E-state index is 6.68. The van der Waals surface area contributed by atoms with Gasteiger partial charge in [0.2, 0.25) is 0 Å². The molecule has 1 aliphatic rings. The third-order valence-corrected chi connectivity index (χ3v) is 11.1. The molecule has 0 saturated carbocycles. The molecule has 0 unspecified atom stereocenters. The van der Waals surface area contributed by atoms with Gasteiger partial charge in [0.05, 0.1) is 11.6 Å². The molecule has 1 aliphatic heterocycles. The quantitative estimate of drug-likeness (QED) is 0.143. The summed E-state index contributed by atoms with van der Waals surface area (Å²) in [4.78, 5) is 10.2. The normalized spacial score (nSPS) is 14.6. The van der Waals surface area contributed by atoms with E-state index < -0.39 is 0 Å². The average Bonchev–Trinajstić information content (AvgIpc) is 3.75. The third kappa shape index (κ3) is 7.52. The number of aryl methyl sites for hydroxylation is 1. The molecular weight excluding hydrogens is 850 g/mol. The van der Waals surface area contributed by atoms with Gasteiger partial charge in [-0.15, -0.1) is 35.4 Å². The van der Waals surface area contributed by atoms with Gasteiger partial charge in [-0.05, 0) is 52.3 Å². The number of hydrogen-bond acceptors (Lipinski definition) is 4. The molecule has 2 aromatic heterocycles. The van der Waals surface area contributed by atoms with Crippen LogP contribution in [0.3, 0.4) is 0 Å². The standard InChI is InChI=1S/C47H43N3OS.Pt/c1-30(2)34-24-35(46-49-42(29-52-46)44(32-14-9-7-10-15-32)33-16-11-8-12-17-33)26-39(25-34)51-38-23-31(3)22-37(28-38)50-43-20-19-36(47(4,5)6)27-41(43)40-18-13-21-48-45(40)50;/h7-25,27,30,42,44H,29H2,1-6H3;/q-2;+2/t42-;/m0./s1. The summed E-state index contributed by atoms with van der Waals surface area (Å²) in [6, 6.07) is 48.3. The van der Waals surface area contributed by atoms with E-state index in [1.165, 1.54) is 27.6 Å². The van der Waals surface area contributed by atoms with Crippen LogP contribution < -0.4 is 4.74 Å². The zero-order chi connectivity index (χ0) is 36.0. The van der Waals surface area contributed by atoms with E-state index >= 15 is 0 Å². The Morgan fingerprint density at radius 2 is 1.47 bits per heavy atom. The van der Waals surface area contributed by atoms with E-state index in [1.807, 2.05) is 30.1 Å². The van der Waals surface area contributed by atoms with Crippen molar-refractivity contribution in [3.05, 3.63) is 167 Å². The third-order valence-electron chi connectivity index (χ3n) is 9.97. The van der Waals surface area contributed by atoms with E-state index in [1.54, 1.807) is 0 Å². The molecule has 53 heavy (non-hydrogen) atoms. The zero-order valence-corrected chi connectivity index (χ0v) is 34.0. The monoisotopic (exact) mass is 892 g/mol. The average molecular weight is 893 g/mol. The number of fused-ring (bicyclic) bond motifs is 3. The second-order valence-electron chi connectivity index (χ2n) is 15.2. The van der Waals surface area contributed by atoms with E-state index in [0.29, 0.717) is 17.4 Å². The largest absolute Gasteiger partial charge is 2.00 e. The number of benzene rings is 5. The number of pyridine rings is 1. The molecule has 0 amide bonds. The van der Waals surface area contributed by atoms with Crippen LogP contribution in [0, 0.1) is 19.1 Å². The van der Waals surface area contributed by atoms with Gasteiger partial charge in [-0.3, -0.25) is 0 Å². The molecule has 0 spiro atoms. The van der Waals surface area contributed by atoms with E-state index in [9.17, 15) is 0 Å². The van der Waals surface area contributed by atoms with Crippen LogP contribution in [-0.2, 0) is 26.5 Å². The fourth-order valence-electron chi connectivity index (χ4n) is 7.25. The number of rotatable bonds is 8. The first-order valence-electron chi connectivity index (χ1n) is 18.1. The molecule has 4 nitrogen and oxygen atoms in total. The van der Waals surface area contributed by atoms with Crippen molar-refractivity contribution in [2.24, 2.45) is 4.99 Å². The first-order chi connectivity index (χ1) is 25.1. The van der Waals surface area contributed by atoms with Crippen LogP contribution in [0.5, 0.6) is 11.5 Å². The van der Waals surface area contributed by atoms with Gasteiger partial charge in [0.1, 0.15) is 5.65 Å². The van der Waals surface area contributed by atoms with Crippen molar-refractivity contribution < 1.29 is 25.8 Å². The first-order valence-corrected chi connectivity index (χ1v) is 19.1. The van der Waals surface area contributed by atoms with E-state index in [2.05, 4.69) is 161 Å². The zero-order valence-electron chi connectivity index (χ0n) is 31.0. The number of thioether (sulfide) groups is 1. The number of aliphatic imine (C=N–C) groups is 1. The minimum Gasteiger partial charge on any atom is -0.503 e. The Hall–Kier alpha value is -4.44. The summed E-state index contributed by atoms with van der Waals surface area (Å²) < 4.78 is 8.89. The molecule has 268 valence electrons. The fourth-order valence-corrected chi connectivity index (χ4v) is 8.32. The predicted octanol–water partition coefficient (Wildman–Crippen LogP) is 12.0. The number of aromatic nitrogens is 2. The molecule has 0 bridgehead atoms. The predicted molar refractivity (Wildman–Crippen MR) is 218 cm³/mol. The SMILES string of the molecule is Cc1cc(Oc2[c-]c(C3=N[C@H](C(c4ccccc4)c4ccccc4)CS3)cc(C(C)C)c2)[c-]c(-n2c3ccc(C(C)(C)C)cc3c3cccnc32)c1.[Pt+2]. The summed E-state index contributed by atoms with van der Waals surface area (Å²) in [5.74, 6) is 2.69. The van der Waals surface area contributed by atoms with Crippen LogP contribution in [0.4, 0.5) is 0 Å². The van der Waals surface area contributed by atoms with E-state index in [0.717, 1.165) is 44.2 Å². The second kappa shape index (κ2) is 15.1. The Labute approximate surface area is 332 Å². The fraction of sp³-hybridized carbons (Fsp3) is 0.234. The summed E-state index contributed by atoms with van der Waals surface area (Å²) in [7, 11) is 0. The van der Waals surface area contributed by atoms with Gasteiger partial charge in [-0.1, -0.05) is 126 Å². The van der Waals surface area contributed by atoms with Crippen molar-refractivity contribution in [1.82, 2.24) is 9.55 Å². The molecule has 8 rings (SSSR count). The van der Waals surface area contributed by atoms with Gasteiger partial charge in [0.15, 0.2) is 0 Å². The van der Waals surface area contributed by atoms with Crippen LogP contribution in [0.15, 0.2) is 126 Å². The topological polar surface area (TPSA) is 39.4 Å². The van der Waals surface area contributed by atoms with Crippen LogP contribution in [0.25, 0.3) is 27.6 Å².